The second kappa shape index (κ2) is 6.67. The molecule has 1 aromatic heterocycles. The molecule has 0 saturated heterocycles. The van der Waals surface area contributed by atoms with Gasteiger partial charge in [0.15, 0.2) is 21.2 Å². The SMILES string of the molecule is CCCSc1nc(Cl)c(N=[N][AlH2])c(Cl)n1. The van der Waals surface area contributed by atoms with Crippen molar-refractivity contribution in [1.82, 2.24) is 9.97 Å². The highest BCUT2D eigenvalue weighted by Gasteiger charge is 2.10. The first-order chi connectivity index (χ1) is 7.19. The van der Waals surface area contributed by atoms with Crippen molar-refractivity contribution >= 4 is 57.2 Å². The van der Waals surface area contributed by atoms with Crippen molar-refractivity contribution in [3.63, 3.8) is 0 Å². The molecule has 0 fully saturated rings. The van der Waals surface area contributed by atoms with E-state index in [2.05, 4.69) is 26.1 Å². The summed E-state index contributed by atoms with van der Waals surface area (Å²) < 4.78 is 3.73. The minimum Gasteiger partial charge on any atom is -0.328 e. The van der Waals surface area contributed by atoms with Gasteiger partial charge in [-0.3, -0.25) is 0 Å². The van der Waals surface area contributed by atoms with Gasteiger partial charge >= 0.3 is 16.5 Å². The van der Waals surface area contributed by atoms with Crippen molar-refractivity contribution in [2.45, 2.75) is 18.5 Å². The van der Waals surface area contributed by atoms with Crippen LogP contribution in [0.15, 0.2) is 14.4 Å². The van der Waals surface area contributed by atoms with E-state index < -0.39 is 0 Å². The van der Waals surface area contributed by atoms with Crippen molar-refractivity contribution in [1.29, 1.82) is 0 Å². The smallest absolute Gasteiger partial charge is 0.328 e. The van der Waals surface area contributed by atoms with Crippen LogP contribution in [0.5, 0.6) is 0 Å². The number of thioether (sulfide) groups is 1. The summed E-state index contributed by atoms with van der Waals surface area (Å²) in [6.45, 7) is 2.08. The third-order valence-electron chi connectivity index (χ3n) is 1.41. The molecular formula is C7H9AlCl2N4S. The summed E-state index contributed by atoms with van der Waals surface area (Å²) >= 11 is 13.9. The third-order valence-corrected chi connectivity index (χ3v) is 3.19. The molecule has 4 nitrogen and oxygen atoms in total. The zero-order valence-corrected chi connectivity index (χ0v) is 12.7. The maximum absolute atomic E-state index is 5.91. The van der Waals surface area contributed by atoms with Crippen molar-refractivity contribution in [3.8, 4) is 0 Å². The van der Waals surface area contributed by atoms with E-state index in [-0.39, 0.29) is 10.3 Å². The average molecular weight is 279 g/mol. The molecule has 0 aromatic carbocycles. The van der Waals surface area contributed by atoms with Crippen molar-refractivity contribution in [2.75, 3.05) is 5.75 Å². The largest absolute Gasteiger partial charge is 0.427 e. The Balaban J connectivity index is 2.97. The number of rotatable bonds is 4. The highest BCUT2D eigenvalue weighted by Crippen LogP contribution is 2.32. The van der Waals surface area contributed by atoms with E-state index in [9.17, 15) is 0 Å². The van der Waals surface area contributed by atoms with Crippen LogP contribution in [0.3, 0.4) is 0 Å². The van der Waals surface area contributed by atoms with Crippen molar-refractivity contribution < 1.29 is 0 Å². The average Bonchev–Trinajstić information content (AvgIpc) is 2.20. The minimum absolute atomic E-state index is 0.258. The van der Waals surface area contributed by atoms with Crippen LogP contribution in [0.4, 0.5) is 5.69 Å². The Hall–Kier alpha value is 0.142. The molecule has 80 valence electrons. The van der Waals surface area contributed by atoms with E-state index in [0.717, 1.165) is 12.2 Å². The van der Waals surface area contributed by atoms with E-state index in [1.807, 2.05) is 0 Å². The molecule has 0 aliphatic carbocycles. The predicted molar refractivity (Wildman–Crippen MR) is 66.1 cm³/mol. The number of hydrogen-bond donors (Lipinski definition) is 0. The minimum atomic E-state index is 0.258. The number of hydrogen-bond acceptors (Lipinski definition) is 5. The summed E-state index contributed by atoms with van der Waals surface area (Å²) in [6, 6.07) is 0. The Labute approximate surface area is 111 Å². The van der Waals surface area contributed by atoms with Gasteiger partial charge in [-0.15, -0.1) is 0 Å². The molecule has 0 aliphatic rings. The highest BCUT2D eigenvalue weighted by atomic mass is 35.5. The van der Waals surface area contributed by atoms with Gasteiger partial charge in [-0.1, -0.05) is 41.9 Å². The normalized spacial score (nSPS) is 11.1. The van der Waals surface area contributed by atoms with Gasteiger partial charge in [0.1, 0.15) is 0 Å². The molecular weight excluding hydrogens is 270 g/mol. The molecule has 1 rings (SSSR count). The Kier molecular flexibility index (Phi) is 5.87. The van der Waals surface area contributed by atoms with E-state index in [0.29, 0.717) is 27.4 Å². The lowest BCUT2D eigenvalue weighted by atomic mass is 10.6. The fraction of sp³-hybridized carbons (Fsp3) is 0.429. The van der Waals surface area contributed by atoms with E-state index in [1.54, 1.807) is 0 Å². The Morgan fingerprint density at radius 1 is 1.33 bits per heavy atom. The lowest BCUT2D eigenvalue weighted by molar-refractivity contribution is 0.957. The molecule has 0 saturated carbocycles. The van der Waals surface area contributed by atoms with Crippen LogP contribution in [0, 0.1) is 0 Å². The molecule has 0 radical (unpaired) electrons. The summed E-state index contributed by atoms with van der Waals surface area (Å²) in [7, 11) is 0. The van der Waals surface area contributed by atoms with Crippen LogP contribution in [0.25, 0.3) is 0 Å². The van der Waals surface area contributed by atoms with Gasteiger partial charge in [0.05, 0.1) is 0 Å². The molecule has 0 amide bonds. The number of aromatic nitrogens is 2. The molecule has 1 heterocycles. The molecule has 8 heteroatoms. The van der Waals surface area contributed by atoms with E-state index >= 15 is 0 Å². The summed E-state index contributed by atoms with van der Waals surface area (Å²) in [5, 5.41) is 4.91. The summed E-state index contributed by atoms with van der Waals surface area (Å²) in [6.07, 6.45) is 1.05. The third kappa shape index (κ3) is 3.89. The maximum atomic E-state index is 5.91. The van der Waals surface area contributed by atoms with Gasteiger partial charge in [0.25, 0.3) is 0 Å². The Morgan fingerprint density at radius 3 is 2.40 bits per heavy atom. The molecule has 1 aromatic rings. The maximum Gasteiger partial charge on any atom is 0.427 e. The van der Waals surface area contributed by atoms with Crippen LogP contribution >= 0.6 is 35.0 Å². The molecule has 0 atom stereocenters. The number of nitrogens with zero attached hydrogens (tertiary/aromatic N) is 4. The van der Waals surface area contributed by atoms with Gasteiger partial charge in [0.2, 0.25) is 0 Å². The molecule has 0 unspecified atom stereocenters. The highest BCUT2D eigenvalue weighted by molar-refractivity contribution is 7.99. The van der Waals surface area contributed by atoms with Crippen molar-refractivity contribution in [2.24, 2.45) is 9.21 Å². The predicted octanol–water partition coefficient (Wildman–Crippen LogP) is 2.92. The molecule has 0 aliphatic heterocycles. The second-order valence-electron chi connectivity index (χ2n) is 2.58. The lowest BCUT2D eigenvalue weighted by Crippen LogP contribution is -1.90. The summed E-state index contributed by atoms with van der Waals surface area (Å²) in [5.74, 6) is 0.939. The topological polar surface area (TPSA) is 50.5 Å². The number of halogens is 2. The van der Waals surface area contributed by atoms with Crippen LogP contribution in [-0.4, -0.2) is 32.2 Å². The van der Waals surface area contributed by atoms with Gasteiger partial charge in [-0.05, 0) is 6.42 Å². The zero-order valence-electron chi connectivity index (χ0n) is 8.37. The van der Waals surface area contributed by atoms with E-state index in [4.69, 9.17) is 23.2 Å². The Morgan fingerprint density at radius 2 is 1.93 bits per heavy atom. The van der Waals surface area contributed by atoms with Crippen LogP contribution in [0.2, 0.25) is 10.3 Å². The Bertz CT molecular complexity index is 351. The summed E-state index contributed by atoms with van der Waals surface area (Å²) in [5.41, 5.74) is 0.356. The fourth-order valence-electron chi connectivity index (χ4n) is 0.824. The molecule has 0 bridgehead atoms. The van der Waals surface area contributed by atoms with E-state index in [1.165, 1.54) is 11.8 Å². The zero-order chi connectivity index (χ0) is 11.3. The fourth-order valence-corrected chi connectivity index (χ4v) is 2.29. The van der Waals surface area contributed by atoms with Crippen LogP contribution in [0.1, 0.15) is 13.3 Å². The van der Waals surface area contributed by atoms with Gasteiger partial charge in [-0.25, -0.2) is 9.97 Å². The monoisotopic (exact) mass is 278 g/mol. The van der Waals surface area contributed by atoms with Gasteiger partial charge in [0, 0.05) is 5.75 Å². The van der Waals surface area contributed by atoms with Crippen LogP contribution in [-0.2, 0) is 0 Å². The standard InChI is InChI=1S/C7H7Cl2N4S.Al.2H/c1-2-3-14-7-11-5(8)4(13-10)6(9)12-7;;;/h2-3H2,1H3;;;/q-1;+1;;. The lowest BCUT2D eigenvalue weighted by Gasteiger charge is -2.02. The first kappa shape index (κ1) is 13.2. The molecule has 0 spiro atoms. The summed E-state index contributed by atoms with van der Waals surface area (Å²) in [4.78, 5) is 8.17. The van der Waals surface area contributed by atoms with Crippen LogP contribution < -0.4 is 0 Å². The van der Waals surface area contributed by atoms with Gasteiger partial charge in [-0.2, -0.15) is 5.11 Å². The molecule has 15 heavy (non-hydrogen) atoms. The first-order valence-corrected chi connectivity index (χ1v) is 6.98. The van der Waals surface area contributed by atoms with Crippen molar-refractivity contribution in [3.05, 3.63) is 10.3 Å². The molecule has 0 N–H and O–H groups in total. The first-order valence-electron chi connectivity index (χ1n) is 4.34. The van der Waals surface area contributed by atoms with Gasteiger partial charge < -0.3 is 4.10 Å². The second-order valence-corrected chi connectivity index (χ2v) is 4.76. The quantitative estimate of drug-likeness (QED) is 0.280.